The molecule has 158 valence electrons. The molecule has 0 saturated carbocycles. The normalized spacial score (nSPS) is 10.6. The Morgan fingerprint density at radius 1 is 0.935 bits per heavy atom. The van der Waals surface area contributed by atoms with Crippen molar-refractivity contribution in [2.75, 3.05) is 36.2 Å². The van der Waals surface area contributed by atoms with Gasteiger partial charge in [-0.15, -0.1) is 0 Å². The van der Waals surface area contributed by atoms with E-state index in [4.69, 9.17) is 9.84 Å². The van der Waals surface area contributed by atoms with Gasteiger partial charge in [0.15, 0.2) is 5.82 Å². The van der Waals surface area contributed by atoms with Crippen LogP contribution < -0.4 is 20.7 Å². The molecule has 0 unspecified atom stereocenters. The van der Waals surface area contributed by atoms with Crippen LogP contribution in [-0.2, 0) is 6.54 Å². The molecule has 0 saturated heterocycles. The minimum Gasteiger partial charge on any atom is -0.497 e. The Labute approximate surface area is 180 Å². The molecule has 0 radical (unpaired) electrons. The fourth-order valence-corrected chi connectivity index (χ4v) is 3.11. The lowest BCUT2D eigenvalue weighted by molar-refractivity contribution is 0.311. The summed E-state index contributed by atoms with van der Waals surface area (Å²) in [7, 11) is 1.64. The number of nitrogens with zero attached hydrogens (tertiary/aromatic N) is 3. The van der Waals surface area contributed by atoms with E-state index in [-0.39, 0.29) is 6.61 Å². The lowest BCUT2D eigenvalue weighted by Gasteiger charge is -2.13. The largest absolute Gasteiger partial charge is 0.497 e. The molecule has 2 heterocycles. The summed E-state index contributed by atoms with van der Waals surface area (Å²) in [5.74, 6) is 1.82. The third-order valence-electron chi connectivity index (χ3n) is 4.59. The number of aliphatic hydroxyl groups is 1. The van der Waals surface area contributed by atoms with Crippen LogP contribution in [-0.4, -0.2) is 40.3 Å². The minimum atomic E-state index is -0.0101. The highest BCUT2D eigenvalue weighted by molar-refractivity contribution is 5.88. The topological polar surface area (TPSA) is 104 Å². The van der Waals surface area contributed by atoms with Crippen LogP contribution in [0.15, 0.2) is 66.9 Å². The first kappa shape index (κ1) is 20.4. The van der Waals surface area contributed by atoms with Gasteiger partial charge in [0.05, 0.1) is 31.1 Å². The molecule has 4 rings (SSSR count). The maximum atomic E-state index is 9.15. The summed E-state index contributed by atoms with van der Waals surface area (Å²) >= 11 is 0. The minimum absolute atomic E-state index is 0.0101. The lowest BCUT2D eigenvalue weighted by Crippen LogP contribution is -2.11. The molecule has 0 atom stereocenters. The van der Waals surface area contributed by atoms with Gasteiger partial charge in [0.1, 0.15) is 11.3 Å². The van der Waals surface area contributed by atoms with Crippen molar-refractivity contribution in [3.8, 4) is 5.75 Å². The molecule has 4 aromatic rings. The number of nitrogens with one attached hydrogen (secondary N) is 3. The van der Waals surface area contributed by atoms with Crippen LogP contribution in [0.3, 0.4) is 0 Å². The molecule has 31 heavy (non-hydrogen) atoms. The SMILES string of the molecule is COc1cccc(Nc2cnc3c(NCc4ccccc4)nc(NCCO)nc3c2)c1. The zero-order valence-corrected chi connectivity index (χ0v) is 17.2. The van der Waals surface area contributed by atoms with Gasteiger partial charge in [0.25, 0.3) is 0 Å². The lowest BCUT2D eigenvalue weighted by atomic mass is 10.2. The summed E-state index contributed by atoms with van der Waals surface area (Å²) in [5.41, 5.74) is 4.16. The monoisotopic (exact) mass is 416 g/mol. The molecule has 0 aliphatic carbocycles. The molecule has 0 fully saturated rings. The summed E-state index contributed by atoms with van der Waals surface area (Å²) in [6, 6.07) is 19.7. The van der Waals surface area contributed by atoms with Crippen molar-refractivity contribution in [1.82, 2.24) is 15.0 Å². The Morgan fingerprint density at radius 3 is 2.61 bits per heavy atom. The number of methoxy groups -OCH3 is 1. The van der Waals surface area contributed by atoms with Gasteiger partial charge in [0, 0.05) is 24.8 Å². The van der Waals surface area contributed by atoms with Gasteiger partial charge in [-0.05, 0) is 23.8 Å². The predicted octanol–water partition coefficient (Wildman–Crippen LogP) is 3.79. The van der Waals surface area contributed by atoms with E-state index < -0.39 is 0 Å². The highest BCUT2D eigenvalue weighted by Gasteiger charge is 2.11. The van der Waals surface area contributed by atoms with Crippen molar-refractivity contribution >= 4 is 34.2 Å². The standard InChI is InChI=1S/C23H24N6O2/c1-31-19-9-5-8-17(12-19)27-18-13-20-21(25-15-18)22(29-23(28-20)24-10-11-30)26-14-16-6-3-2-4-7-16/h2-9,12-13,15,27,30H,10-11,14H2,1H3,(H2,24,26,28,29). The van der Waals surface area contributed by atoms with Crippen molar-refractivity contribution in [2.45, 2.75) is 6.54 Å². The number of benzene rings is 2. The Bertz CT molecular complexity index is 1150. The number of hydrogen-bond donors (Lipinski definition) is 4. The van der Waals surface area contributed by atoms with Crippen molar-refractivity contribution in [1.29, 1.82) is 0 Å². The van der Waals surface area contributed by atoms with Gasteiger partial charge in [-0.25, -0.2) is 9.97 Å². The number of pyridine rings is 1. The molecule has 8 nitrogen and oxygen atoms in total. The summed E-state index contributed by atoms with van der Waals surface area (Å²) in [6.07, 6.45) is 1.75. The van der Waals surface area contributed by atoms with Crippen molar-refractivity contribution in [3.05, 3.63) is 72.4 Å². The number of aliphatic hydroxyl groups excluding tert-OH is 1. The van der Waals surface area contributed by atoms with Crippen LogP contribution in [0.4, 0.5) is 23.1 Å². The van der Waals surface area contributed by atoms with E-state index in [1.165, 1.54) is 0 Å². The molecule has 0 spiro atoms. The van der Waals surface area contributed by atoms with Crippen LogP contribution in [0.5, 0.6) is 5.75 Å². The molecule has 2 aromatic heterocycles. The Morgan fingerprint density at radius 2 is 1.81 bits per heavy atom. The smallest absolute Gasteiger partial charge is 0.225 e. The van der Waals surface area contributed by atoms with E-state index in [0.717, 1.165) is 22.7 Å². The number of aromatic nitrogens is 3. The van der Waals surface area contributed by atoms with Crippen LogP contribution in [0.2, 0.25) is 0 Å². The van der Waals surface area contributed by atoms with Crippen molar-refractivity contribution in [3.63, 3.8) is 0 Å². The highest BCUT2D eigenvalue weighted by atomic mass is 16.5. The molecule has 8 heteroatoms. The van der Waals surface area contributed by atoms with Crippen molar-refractivity contribution < 1.29 is 9.84 Å². The van der Waals surface area contributed by atoms with Gasteiger partial charge >= 0.3 is 0 Å². The Balaban J connectivity index is 1.64. The number of rotatable bonds is 9. The second-order valence-corrected chi connectivity index (χ2v) is 6.83. The summed E-state index contributed by atoms with van der Waals surface area (Å²) < 4.78 is 5.28. The number of ether oxygens (including phenoxy) is 1. The van der Waals surface area contributed by atoms with Gasteiger partial charge in [-0.3, -0.25) is 0 Å². The molecule has 0 aliphatic heterocycles. The van der Waals surface area contributed by atoms with E-state index in [0.29, 0.717) is 35.9 Å². The summed E-state index contributed by atoms with van der Waals surface area (Å²) in [5, 5.41) is 18.9. The van der Waals surface area contributed by atoms with Gasteiger partial charge < -0.3 is 25.8 Å². The van der Waals surface area contributed by atoms with Gasteiger partial charge in [-0.1, -0.05) is 36.4 Å². The molecule has 0 bridgehead atoms. The molecule has 0 aliphatic rings. The van der Waals surface area contributed by atoms with Crippen LogP contribution in [0.25, 0.3) is 11.0 Å². The van der Waals surface area contributed by atoms with E-state index in [2.05, 4.69) is 30.9 Å². The molecule has 0 amide bonds. The summed E-state index contributed by atoms with van der Waals surface area (Å²) in [6.45, 7) is 0.959. The first-order valence-corrected chi connectivity index (χ1v) is 9.96. The highest BCUT2D eigenvalue weighted by Crippen LogP contribution is 2.26. The quantitative estimate of drug-likeness (QED) is 0.327. The van der Waals surface area contributed by atoms with Gasteiger partial charge in [-0.2, -0.15) is 4.98 Å². The molecule has 4 N–H and O–H groups in total. The molecule has 2 aromatic carbocycles. The summed E-state index contributed by atoms with van der Waals surface area (Å²) in [4.78, 5) is 13.7. The third kappa shape index (κ3) is 5.18. The van der Waals surface area contributed by atoms with Gasteiger partial charge in [0.2, 0.25) is 5.95 Å². The maximum Gasteiger partial charge on any atom is 0.225 e. The average molecular weight is 416 g/mol. The van der Waals surface area contributed by atoms with Crippen LogP contribution in [0.1, 0.15) is 5.56 Å². The predicted molar refractivity (Wildman–Crippen MR) is 123 cm³/mol. The Kier molecular flexibility index (Phi) is 6.39. The first-order chi connectivity index (χ1) is 15.2. The molecular weight excluding hydrogens is 392 g/mol. The number of anilines is 4. The fourth-order valence-electron chi connectivity index (χ4n) is 3.11. The number of hydrogen-bond acceptors (Lipinski definition) is 8. The van der Waals surface area contributed by atoms with Crippen LogP contribution in [0, 0.1) is 0 Å². The second kappa shape index (κ2) is 9.73. The first-order valence-electron chi connectivity index (χ1n) is 9.96. The number of fused-ring (bicyclic) bond motifs is 1. The zero-order chi connectivity index (χ0) is 21.5. The zero-order valence-electron chi connectivity index (χ0n) is 17.2. The van der Waals surface area contributed by atoms with E-state index in [9.17, 15) is 0 Å². The maximum absolute atomic E-state index is 9.15. The van der Waals surface area contributed by atoms with Crippen molar-refractivity contribution in [2.24, 2.45) is 0 Å². The third-order valence-corrected chi connectivity index (χ3v) is 4.59. The van der Waals surface area contributed by atoms with E-state index >= 15 is 0 Å². The molecular formula is C23H24N6O2. The van der Waals surface area contributed by atoms with E-state index in [1.807, 2.05) is 60.7 Å². The Hall–Kier alpha value is -3.91. The van der Waals surface area contributed by atoms with E-state index in [1.54, 1.807) is 13.3 Å². The fraction of sp³-hybridized carbons (Fsp3) is 0.174. The second-order valence-electron chi connectivity index (χ2n) is 6.83. The average Bonchev–Trinajstić information content (AvgIpc) is 2.81. The van der Waals surface area contributed by atoms with Crippen LogP contribution >= 0.6 is 0 Å².